The first-order valence-corrected chi connectivity index (χ1v) is 11.6. The lowest BCUT2D eigenvalue weighted by molar-refractivity contribution is 0.135. The molecule has 1 aliphatic heterocycles. The molecule has 2 aromatic rings. The van der Waals surface area contributed by atoms with Crippen LogP contribution in [0.1, 0.15) is 44.1 Å². The number of primary amides is 1. The molecule has 1 aromatic heterocycles. The summed E-state index contributed by atoms with van der Waals surface area (Å²) in [5.41, 5.74) is 7.89. The van der Waals surface area contributed by atoms with Gasteiger partial charge in [0.05, 0.1) is 0 Å². The topological polar surface area (TPSA) is 62.5 Å². The molecule has 6 heteroatoms. The minimum Gasteiger partial charge on any atom is -0.351 e. The van der Waals surface area contributed by atoms with Crippen LogP contribution in [0.4, 0.5) is 14.9 Å². The zero-order chi connectivity index (χ0) is 21.6. The van der Waals surface area contributed by atoms with Crippen molar-refractivity contribution in [3.05, 3.63) is 60.2 Å². The molecule has 2 fully saturated rings. The van der Waals surface area contributed by atoms with Crippen molar-refractivity contribution in [2.24, 2.45) is 17.6 Å². The third-order valence-corrected chi connectivity index (χ3v) is 7.02. The van der Waals surface area contributed by atoms with Gasteiger partial charge in [0.2, 0.25) is 0 Å². The SMILES string of the molecule is NC(=O)N(c1ccncc1)[C@@H]1CCCC[C@H]1CN1CCC(Cc2ccc(F)cc2)CC1. The van der Waals surface area contributed by atoms with E-state index in [9.17, 15) is 9.18 Å². The molecule has 2 aliphatic rings. The minimum atomic E-state index is -0.374. The van der Waals surface area contributed by atoms with Crippen molar-refractivity contribution in [1.82, 2.24) is 9.88 Å². The van der Waals surface area contributed by atoms with Gasteiger partial charge in [0.15, 0.2) is 0 Å². The first-order chi connectivity index (χ1) is 15.1. The van der Waals surface area contributed by atoms with E-state index in [-0.39, 0.29) is 17.9 Å². The van der Waals surface area contributed by atoms with Crippen LogP contribution in [0.5, 0.6) is 0 Å². The maximum atomic E-state index is 13.1. The van der Waals surface area contributed by atoms with Crippen LogP contribution in [0.2, 0.25) is 0 Å². The van der Waals surface area contributed by atoms with Crippen LogP contribution in [0.3, 0.4) is 0 Å². The van der Waals surface area contributed by atoms with E-state index in [4.69, 9.17) is 5.73 Å². The number of halogens is 1. The lowest BCUT2D eigenvalue weighted by atomic mass is 9.82. The monoisotopic (exact) mass is 424 g/mol. The third kappa shape index (κ3) is 5.62. The summed E-state index contributed by atoms with van der Waals surface area (Å²) in [6, 6.07) is 10.4. The summed E-state index contributed by atoms with van der Waals surface area (Å²) >= 11 is 0. The molecule has 166 valence electrons. The number of urea groups is 1. The first kappa shape index (κ1) is 21.8. The molecule has 1 aromatic carbocycles. The Morgan fingerprint density at radius 1 is 1.03 bits per heavy atom. The second kappa shape index (κ2) is 10.2. The molecule has 0 bridgehead atoms. The number of nitrogens with zero attached hydrogens (tertiary/aromatic N) is 3. The number of nitrogens with two attached hydrogens (primary N) is 1. The predicted molar refractivity (Wildman–Crippen MR) is 121 cm³/mol. The smallest absolute Gasteiger partial charge is 0.319 e. The number of carbonyl (C=O) groups is 1. The zero-order valence-corrected chi connectivity index (χ0v) is 18.1. The van der Waals surface area contributed by atoms with Crippen molar-refractivity contribution >= 4 is 11.7 Å². The number of carbonyl (C=O) groups excluding carboxylic acids is 1. The van der Waals surface area contributed by atoms with Gasteiger partial charge >= 0.3 is 6.03 Å². The van der Waals surface area contributed by atoms with Crippen molar-refractivity contribution < 1.29 is 9.18 Å². The molecule has 4 rings (SSSR count). The average Bonchev–Trinajstić information content (AvgIpc) is 2.78. The molecule has 0 unspecified atom stereocenters. The van der Waals surface area contributed by atoms with Gasteiger partial charge in [-0.25, -0.2) is 9.18 Å². The Hall–Kier alpha value is -2.47. The van der Waals surface area contributed by atoms with E-state index in [0.717, 1.165) is 51.0 Å². The van der Waals surface area contributed by atoms with E-state index in [1.807, 2.05) is 24.3 Å². The highest BCUT2D eigenvalue weighted by molar-refractivity contribution is 5.91. The Morgan fingerprint density at radius 3 is 2.39 bits per heavy atom. The minimum absolute atomic E-state index is 0.144. The molecule has 2 amide bonds. The molecule has 5 nitrogen and oxygen atoms in total. The average molecular weight is 425 g/mol. The Labute approximate surface area is 184 Å². The molecule has 2 N–H and O–H groups in total. The van der Waals surface area contributed by atoms with Crippen molar-refractivity contribution in [2.45, 2.75) is 51.0 Å². The van der Waals surface area contributed by atoms with Crippen molar-refractivity contribution in [2.75, 3.05) is 24.5 Å². The standard InChI is InChI=1S/C25H33FN4O/c26-22-7-5-19(6-8-22)17-20-11-15-29(16-12-20)18-21-3-1-2-4-24(21)30(25(27)31)23-9-13-28-14-10-23/h5-10,13-14,20-21,24H,1-4,11-12,15-18H2,(H2,27,31)/t21-,24+/m0/s1. The lowest BCUT2D eigenvalue weighted by Gasteiger charge is -2.42. The van der Waals surface area contributed by atoms with E-state index in [1.54, 1.807) is 29.4 Å². The maximum absolute atomic E-state index is 13.1. The number of pyridine rings is 1. The summed E-state index contributed by atoms with van der Waals surface area (Å²) in [5.74, 6) is 0.920. The van der Waals surface area contributed by atoms with E-state index >= 15 is 0 Å². The number of hydrogen-bond acceptors (Lipinski definition) is 3. The highest BCUT2D eigenvalue weighted by atomic mass is 19.1. The molecular formula is C25H33FN4O. The summed E-state index contributed by atoms with van der Waals surface area (Å²) in [7, 11) is 0. The normalized spacial score (nSPS) is 22.9. The van der Waals surface area contributed by atoms with E-state index in [2.05, 4.69) is 9.88 Å². The van der Waals surface area contributed by atoms with Gasteiger partial charge in [0.25, 0.3) is 0 Å². The van der Waals surface area contributed by atoms with Crippen molar-refractivity contribution in [1.29, 1.82) is 0 Å². The highest BCUT2D eigenvalue weighted by Gasteiger charge is 2.34. The fourth-order valence-corrected chi connectivity index (χ4v) is 5.39. The van der Waals surface area contributed by atoms with Crippen molar-refractivity contribution in [3.8, 4) is 0 Å². The summed E-state index contributed by atoms with van der Waals surface area (Å²) in [6.07, 6.45) is 11.3. The van der Waals surface area contributed by atoms with Crippen LogP contribution < -0.4 is 10.6 Å². The molecule has 1 saturated heterocycles. The highest BCUT2D eigenvalue weighted by Crippen LogP contribution is 2.33. The van der Waals surface area contributed by atoms with Gasteiger partial charge in [0, 0.05) is 30.7 Å². The number of rotatable bonds is 6. The number of piperidine rings is 1. The zero-order valence-electron chi connectivity index (χ0n) is 18.1. The molecule has 1 saturated carbocycles. The molecule has 2 heterocycles. The lowest BCUT2D eigenvalue weighted by Crippen LogP contribution is -2.52. The summed E-state index contributed by atoms with van der Waals surface area (Å²) in [6.45, 7) is 3.19. The van der Waals surface area contributed by atoms with E-state index < -0.39 is 0 Å². The molecule has 31 heavy (non-hydrogen) atoms. The van der Waals surface area contributed by atoms with Crippen molar-refractivity contribution in [3.63, 3.8) is 0 Å². The second-order valence-electron chi connectivity index (χ2n) is 9.10. The summed E-state index contributed by atoms with van der Waals surface area (Å²) in [4.78, 5) is 20.8. The Balaban J connectivity index is 1.35. The second-order valence-corrected chi connectivity index (χ2v) is 9.10. The fourth-order valence-electron chi connectivity index (χ4n) is 5.39. The number of benzene rings is 1. The quantitative estimate of drug-likeness (QED) is 0.736. The van der Waals surface area contributed by atoms with Gasteiger partial charge in [-0.05, 0) is 86.9 Å². The van der Waals surface area contributed by atoms with Crippen LogP contribution in [0, 0.1) is 17.7 Å². The molecule has 0 spiro atoms. The number of aromatic nitrogens is 1. The molecule has 2 atom stereocenters. The first-order valence-electron chi connectivity index (χ1n) is 11.6. The molecular weight excluding hydrogens is 391 g/mol. The summed E-state index contributed by atoms with van der Waals surface area (Å²) < 4.78 is 13.1. The van der Waals surface area contributed by atoms with Gasteiger partial charge in [-0.3, -0.25) is 9.88 Å². The number of likely N-dealkylation sites (tertiary alicyclic amines) is 1. The molecule has 1 aliphatic carbocycles. The number of amides is 2. The van der Waals surface area contributed by atoms with Gasteiger partial charge in [-0.1, -0.05) is 25.0 Å². The van der Waals surface area contributed by atoms with Gasteiger partial charge in [-0.15, -0.1) is 0 Å². The Bertz CT molecular complexity index is 836. The van der Waals surface area contributed by atoms with Gasteiger partial charge in [0.1, 0.15) is 5.82 Å². The Kier molecular flexibility index (Phi) is 7.17. The number of anilines is 1. The van der Waals surface area contributed by atoms with Crippen LogP contribution in [-0.2, 0) is 6.42 Å². The third-order valence-electron chi connectivity index (χ3n) is 7.02. The van der Waals surface area contributed by atoms with Gasteiger partial charge < -0.3 is 10.6 Å². The molecule has 0 radical (unpaired) electrons. The van der Waals surface area contributed by atoms with Crippen LogP contribution in [0.25, 0.3) is 0 Å². The van der Waals surface area contributed by atoms with E-state index in [1.165, 1.54) is 24.8 Å². The predicted octanol–water partition coefficient (Wildman–Crippen LogP) is 4.62. The van der Waals surface area contributed by atoms with Crippen LogP contribution >= 0.6 is 0 Å². The van der Waals surface area contributed by atoms with Crippen LogP contribution in [-0.4, -0.2) is 41.6 Å². The summed E-state index contributed by atoms with van der Waals surface area (Å²) in [5, 5.41) is 0. The van der Waals surface area contributed by atoms with E-state index in [0.29, 0.717) is 11.8 Å². The van der Waals surface area contributed by atoms with Crippen LogP contribution in [0.15, 0.2) is 48.8 Å². The Morgan fingerprint density at radius 2 is 1.71 bits per heavy atom. The maximum Gasteiger partial charge on any atom is 0.319 e. The fraction of sp³-hybridized carbons (Fsp3) is 0.520. The number of hydrogen-bond donors (Lipinski definition) is 1. The largest absolute Gasteiger partial charge is 0.351 e. The van der Waals surface area contributed by atoms with Gasteiger partial charge in [-0.2, -0.15) is 0 Å².